The minimum Gasteiger partial charge on any atom is -0.484 e. The van der Waals surface area contributed by atoms with Crippen LogP contribution in [0.2, 0.25) is 0 Å². The van der Waals surface area contributed by atoms with Crippen LogP contribution in [0.15, 0.2) is 31.0 Å². The zero-order chi connectivity index (χ0) is 11.3. The van der Waals surface area contributed by atoms with E-state index in [0.717, 1.165) is 0 Å². The van der Waals surface area contributed by atoms with Crippen LogP contribution < -0.4 is 10.1 Å². The second-order valence-corrected chi connectivity index (χ2v) is 2.97. The topological polar surface area (TPSA) is 38.3 Å². The second-order valence-electron chi connectivity index (χ2n) is 2.97. The Labute approximate surface area is 87.6 Å². The zero-order valence-electron chi connectivity index (χ0n) is 8.42. The number of halogens is 1. The van der Waals surface area contributed by atoms with E-state index in [-0.39, 0.29) is 18.3 Å². The molecule has 0 aliphatic rings. The molecule has 0 heterocycles. The second kappa shape index (κ2) is 5.14. The molecule has 0 aliphatic carbocycles. The zero-order valence-corrected chi connectivity index (χ0v) is 8.42. The van der Waals surface area contributed by atoms with Gasteiger partial charge < -0.3 is 10.1 Å². The average molecular weight is 209 g/mol. The fourth-order valence-electron chi connectivity index (χ4n) is 0.968. The summed E-state index contributed by atoms with van der Waals surface area (Å²) in [6.45, 7) is 4.83. The molecule has 0 unspecified atom stereocenters. The lowest BCUT2D eigenvalue weighted by molar-refractivity contribution is -0.122. The van der Waals surface area contributed by atoms with Gasteiger partial charge in [0.1, 0.15) is 11.6 Å². The summed E-state index contributed by atoms with van der Waals surface area (Å²) in [7, 11) is 0. The molecule has 4 heteroatoms. The molecular weight excluding hydrogens is 197 g/mol. The number of nitrogens with one attached hydrogen (secondary N) is 1. The number of carbonyl (C=O) groups excluding carboxylic acids is 1. The van der Waals surface area contributed by atoms with Crippen molar-refractivity contribution in [1.82, 2.24) is 5.32 Å². The lowest BCUT2D eigenvalue weighted by Gasteiger charge is -2.05. The number of hydrogen-bond acceptors (Lipinski definition) is 2. The molecule has 3 nitrogen and oxygen atoms in total. The highest BCUT2D eigenvalue weighted by molar-refractivity contribution is 5.78. The van der Waals surface area contributed by atoms with Crippen LogP contribution in [-0.2, 0) is 4.79 Å². The summed E-state index contributed by atoms with van der Waals surface area (Å²) in [4.78, 5) is 11.0. The molecule has 0 saturated heterocycles. The molecule has 0 radical (unpaired) electrons. The van der Waals surface area contributed by atoms with E-state index < -0.39 is 0 Å². The third-order valence-electron chi connectivity index (χ3n) is 1.78. The van der Waals surface area contributed by atoms with E-state index in [9.17, 15) is 9.18 Å². The molecule has 1 aromatic rings. The van der Waals surface area contributed by atoms with Gasteiger partial charge in [-0.15, -0.1) is 0 Å². The van der Waals surface area contributed by atoms with Crippen molar-refractivity contribution in [2.24, 2.45) is 0 Å². The van der Waals surface area contributed by atoms with Crippen molar-refractivity contribution in [3.05, 3.63) is 42.4 Å². The third-order valence-corrected chi connectivity index (χ3v) is 1.78. The highest BCUT2D eigenvalue weighted by Crippen LogP contribution is 2.15. The van der Waals surface area contributed by atoms with Crippen LogP contribution in [0.5, 0.6) is 5.75 Å². The van der Waals surface area contributed by atoms with Crippen LogP contribution in [0, 0.1) is 12.7 Å². The number of rotatable bonds is 4. The molecule has 0 spiro atoms. The molecule has 1 amide bonds. The average Bonchev–Trinajstić information content (AvgIpc) is 2.20. The van der Waals surface area contributed by atoms with E-state index in [4.69, 9.17) is 4.74 Å². The van der Waals surface area contributed by atoms with E-state index in [1.165, 1.54) is 12.3 Å². The molecule has 80 valence electrons. The third kappa shape index (κ3) is 3.42. The van der Waals surface area contributed by atoms with E-state index in [1.54, 1.807) is 19.1 Å². The first-order valence-electron chi connectivity index (χ1n) is 4.42. The van der Waals surface area contributed by atoms with E-state index in [0.29, 0.717) is 11.3 Å². The fraction of sp³-hybridized carbons (Fsp3) is 0.182. The molecule has 0 saturated carbocycles. The summed E-state index contributed by atoms with van der Waals surface area (Å²) >= 11 is 0. The number of ether oxygens (including phenoxy) is 1. The van der Waals surface area contributed by atoms with Gasteiger partial charge in [-0.25, -0.2) is 4.39 Å². The first-order chi connectivity index (χ1) is 7.13. The lowest BCUT2D eigenvalue weighted by Crippen LogP contribution is -2.23. The smallest absolute Gasteiger partial charge is 0.261 e. The van der Waals surface area contributed by atoms with Gasteiger partial charge in [-0.3, -0.25) is 4.79 Å². The first kappa shape index (κ1) is 11.2. The molecule has 0 aliphatic heterocycles. The predicted octanol–water partition coefficient (Wildman–Crippen LogP) is 1.77. The van der Waals surface area contributed by atoms with Crippen LogP contribution in [0.4, 0.5) is 4.39 Å². The Balaban J connectivity index is 2.54. The van der Waals surface area contributed by atoms with Crippen LogP contribution in [0.3, 0.4) is 0 Å². The Kier molecular flexibility index (Phi) is 3.85. The standard InChI is InChI=1S/C11H12FNO2/c1-3-13-11(14)7-15-9-5-4-8(2)10(12)6-9/h3-6H,1,7H2,2H3,(H,13,14). The summed E-state index contributed by atoms with van der Waals surface area (Å²) in [5.74, 6) is -0.347. The summed E-state index contributed by atoms with van der Waals surface area (Å²) in [5.41, 5.74) is 0.540. The summed E-state index contributed by atoms with van der Waals surface area (Å²) < 4.78 is 18.1. The van der Waals surface area contributed by atoms with Crippen LogP contribution in [0.25, 0.3) is 0 Å². The van der Waals surface area contributed by atoms with Gasteiger partial charge in [0.2, 0.25) is 0 Å². The molecule has 0 aromatic heterocycles. The van der Waals surface area contributed by atoms with Crippen molar-refractivity contribution in [3.8, 4) is 5.75 Å². The minimum absolute atomic E-state index is 0.158. The summed E-state index contributed by atoms with van der Waals surface area (Å²) in [5, 5.41) is 2.35. The molecule has 1 aromatic carbocycles. The molecule has 0 bridgehead atoms. The highest BCUT2D eigenvalue weighted by Gasteiger charge is 2.02. The van der Waals surface area contributed by atoms with Crippen molar-refractivity contribution < 1.29 is 13.9 Å². The number of amides is 1. The normalized spacial score (nSPS) is 9.47. The number of hydrogen-bond donors (Lipinski definition) is 1. The SMILES string of the molecule is C=CNC(=O)COc1ccc(C)c(F)c1. The Morgan fingerprint density at radius 3 is 3.00 bits per heavy atom. The molecule has 15 heavy (non-hydrogen) atoms. The van der Waals surface area contributed by atoms with Gasteiger partial charge in [0.25, 0.3) is 5.91 Å². The van der Waals surface area contributed by atoms with Crippen LogP contribution in [-0.4, -0.2) is 12.5 Å². The number of carbonyl (C=O) groups is 1. The van der Waals surface area contributed by atoms with Gasteiger partial charge in [-0.05, 0) is 24.8 Å². The quantitative estimate of drug-likeness (QED) is 0.820. The molecule has 1 rings (SSSR count). The number of aryl methyl sites for hydroxylation is 1. The van der Waals surface area contributed by atoms with Gasteiger partial charge >= 0.3 is 0 Å². The van der Waals surface area contributed by atoms with Gasteiger partial charge in [-0.2, -0.15) is 0 Å². The lowest BCUT2D eigenvalue weighted by atomic mass is 10.2. The Morgan fingerprint density at radius 2 is 2.40 bits per heavy atom. The van der Waals surface area contributed by atoms with E-state index in [1.807, 2.05) is 0 Å². The summed E-state index contributed by atoms with van der Waals surface area (Å²) in [6, 6.07) is 4.45. The Hall–Kier alpha value is -1.84. The molecule has 1 N–H and O–H groups in total. The van der Waals surface area contributed by atoms with Crippen molar-refractivity contribution in [2.45, 2.75) is 6.92 Å². The van der Waals surface area contributed by atoms with Gasteiger partial charge in [0.15, 0.2) is 6.61 Å². The Morgan fingerprint density at radius 1 is 1.67 bits per heavy atom. The van der Waals surface area contributed by atoms with Gasteiger partial charge in [0, 0.05) is 6.07 Å². The minimum atomic E-state index is -0.350. The highest BCUT2D eigenvalue weighted by atomic mass is 19.1. The van der Waals surface area contributed by atoms with Crippen molar-refractivity contribution >= 4 is 5.91 Å². The fourth-order valence-corrected chi connectivity index (χ4v) is 0.968. The monoisotopic (exact) mass is 209 g/mol. The van der Waals surface area contributed by atoms with E-state index in [2.05, 4.69) is 11.9 Å². The van der Waals surface area contributed by atoms with Crippen LogP contribution >= 0.6 is 0 Å². The van der Waals surface area contributed by atoms with E-state index >= 15 is 0 Å². The molecule has 0 fully saturated rings. The van der Waals surface area contributed by atoms with Crippen molar-refractivity contribution in [2.75, 3.05) is 6.61 Å². The maximum Gasteiger partial charge on any atom is 0.261 e. The first-order valence-corrected chi connectivity index (χ1v) is 4.42. The van der Waals surface area contributed by atoms with Gasteiger partial charge in [-0.1, -0.05) is 12.6 Å². The largest absolute Gasteiger partial charge is 0.484 e. The maximum absolute atomic E-state index is 13.1. The number of benzene rings is 1. The van der Waals surface area contributed by atoms with Gasteiger partial charge in [0.05, 0.1) is 0 Å². The molecular formula is C11H12FNO2. The summed E-state index contributed by atoms with van der Waals surface area (Å²) in [6.07, 6.45) is 1.27. The van der Waals surface area contributed by atoms with Crippen molar-refractivity contribution in [3.63, 3.8) is 0 Å². The Bertz CT molecular complexity index is 377. The van der Waals surface area contributed by atoms with Crippen molar-refractivity contribution in [1.29, 1.82) is 0 Å². The predicted molar refractivity (Wildman–Crippen MR) is 55.0 cm³/mol. The molecule has 0 atom stereocenters. The van der Waals surface area contributed by atoms with Crippen LogP contribution in [0.1, 0.15) is 5.56 Å². The maximum atomic E-state index is 13.1.